The second-order valence-corrected chi connectivity index (χ2v) is 11.3. The van der Waals surface area contributed by atoms with Crippen LogP contribution >= 0.6 is 11.3 Å². The van der Waals surface area contributed by atoms with Gasteiger partial charge in [0.25, 0.3) is 0 Å². The van der Waals surface area contributed by atoms with Gasteiger partial charge in [-0.05, 0) is 45.4 Å². The molecule has 2 unspecified atom stereocenters. The minimum Gasteiger partial charge on any atom is -0.465 e. The molecule has 2 atom stereocenters. The van der Waals surface area contributed by atoms with Crippen LogP contribution in [0.2, 0.25) is 0 Å². The zero-order valence-corrected chi connectivity index (χ0v) is 23.6. The van der Waals surface area contributed by atoms with Gasteiger partial charge < -0.3 is 9.47 Å². The molecule has 11 heteroatoms. The highest BCUT2D eigenvalue weighted by atomic mass is 32.2. The number of rotatable bonds is 8. The van der Waals surface area contributed by atoms with Crippen molar-refractivity contribution in [2.75, 3.05) is 13.2 Å². The van der Waals surface area contributed by atoms with Crippen LogP contribution in [0.25, 0.3) is 21.8 Å². The standard InChI is InChI=1S/C28H29N3O6S2/c1-5-36-27(32)23-16(3)30-17(4)24(28(33)37-6-2)25(23)18-10-9-11-19(14-18)26-31-21(15-38-26)20-12-7-8-13-22(20)39(29,34)35/h7-15,23,25H,5-6H2,1-4H3,(H2,29,34,35). The molecule has 2 N–H and O–H groups in total. The maximum atomic E-state index is 13.1. The summed E-state index contributed by atoms with van der Waals surface area (Å²) in [6, 6.07) is 13.8. The number of allylic oxidation sites excluding steroid dienone is 1. The van der Waals surface area contributed by atoms with E-state index in [1.807, 2.05) is 24.3 Å². The molecule has 0 amide bonds. The molecule has 39 heavy (non-hydrogen) atoms. The zero-order valence-electron chi connectivity index (χ0n) is 22.0. The maximum Gasteiger partial charge on any atom is 0.336 e. The van der Waals surface area contributed by atoms with Gasteiger partial charge >= 0.3 is 11.9 Å². The van der Waals surface area contributed by atoms with Crippen LogP contribution in [0, 0.1) is 5.92 Å². The van der Waals surface area contributed by atoms with Gasteiger partial charge in [-0.2, -0.15) is 0 Å². The number of nitrogens with two attached hydrogens (primary N) is 1. The number of aromatic nitrogens is 1. The quantitative estimate of drug-likeness (QED) is 0.389. The average molecular weight is 568 g/mol. The number of ether oxygens (including phenoxy) is 2. The molecule has 1 aromatic heterocycles. The lowest BCUT2D eigenvalue weighted by atomic mass is 9.75. The first-order valence-electron chi connectivity index (χ1n) is 12.3. The second kappa shape index (κ2) is 11.6. The smallest absolute Gasteiger partial charge is 0.336 e. The van der Waals surface area contributed by atoms with E-state index in [1.54, 1.807) is 51.3 Å². The molecule has 204 valence electrons. The fourth-order valence-electron chi connectivity index (χ4n) is 4.73. The van der Waals surface area contributed by atoms with Gasteiger partial charge in [0.1, 0.15) is 10.9 Å². The molecule has 4 rings (SSSR count). The number of carbonyl (C=O) groups excluding carboxylic acids is 2. The number of hydrogen-bond acceptors (Lipinski definition) is 9. The number of benzene rings is 2. The van der Waals surface area contributed by atoms with Crippen molar-refractivity contribution in [1.82, 2.24) is 4.98 Å². The lowest BCUT2D eigenvalue weighted by Gasteiger charge is -2.31. The molecule has 0 saturated heterocycles. The topological polar surface area (TPSA) is 138 Å². The zero-order chi connectivity index (χ0) is 28.3. The van der Waals surface area contributed by atoms with E-state index in [4.69, 9.17) is 14.6 Å². The number of sulfonamides is 1. The predicted molar refractivity (Wildman–Crippen MR) is 150 cm³/mol. The van der Waals surface area contributed by atoms with Gasteiger partial charge in [0.2, 0.25) is 10.0 Å². The molecule has 0 spiro atoms. The molecule has 2 heterocycles. The summed E-state index contributed by atoms with van der Waals surface area (Å²) in [5.74, 6) is -2.49. The van der Waals surface area contributed by atoms with Crippen molar-refractivity contribution in [1.29, 1.82) is 0 Å². The third-order valence-electron chi connectivity index (χ3n) is 6.33. The first-order valence-corrected chi connectivity index (χ1v) is 14.8. The summed E-state index contributed by atoms with van der Waals surface area (Å²) < 4.78 is 34.9. The van der Waals surface area contributed by atoms with Crippen LogP contribution in [0.15, 0.2) is 75.1 Å². The number of nitrogens with zero attached hydrogens (tertiary/aromatic N) is 2. The summed E-state index contributed by atoms with van der Waals surface area (Å²) in [6.45, 7) is 7.29. The van der Waals surface area contributed by atoms with Crippen molar-refractivity contribution < 1.29 is 27.5 Å². The third-order valence-corrected chi connectivity index (χ3v) is 8.19. The van der Waals surface area contributed by atoms with Crippen molar-refractivity contribution in [2.45, 2.75) is 38.5 Å². The molecule has 9 nitrogen and oxygen atoms in total. The molecule has 1 aliphatic rings. The van der Waals surface area contributed by atoms with E-state index in [0.717, 1.165) is 5.56 Å². The monoisotopic (exact) mass is 567 g/mol. The summed E-state index contributed by atoms with van der Waals surface area (Å²) in [5, 5.41) is 7.80. The van der Waals surface area contributed by atoms with Crippen LogP contribution in [0.5, 0.6) is 0 Å². The molecule has 3 aromatic rings. The van der Waals surface area contributed by atoms with Gasteiger partial charge in [0, 0.05) is 33.8 Å². The highest BCUT2D eigenvalue weighted by molar-refractivity contribution is 7.89. The highest BCUT2D eigenvalue weighted by Gasteiger charge is 2.42. The van der Waals surface area contributed by atoms with Gasteiger partial charge in [0.15, 0.2) is 0 Å². The first-order chi connectivity index (χ1) is 18.6. The summed E-state index contributed by atoms with van der Waals surface area (Å²) >= 11 is 1.34. The summed E-state index contributed by atoms with van der Waals surface area (Å²) in [7, 11) is -3.95. The number of carbonyl (C=O) groups is 2. The van der Waals surface area contributed by atoms with Crippen LogP contribution in [-0.4, -0.2) is 44.3 Å². The lowest BCUT2D eigenvalue weighted by molar-refractivity contribution is -0.146. The Labute approximate surface area is 231 Å². The Morgan fingerprint density at radius 1 is 1.03 bits per heavy atom. The summed E-state index contributed by atoms with van der Waals surface area (Å²) in [6.07, 6.45) is 0. The van der Waals surface area contributed by atoms with Gasteiger partial charge in [0.05, 0.1) is 29.4 Å². The molecular weight excluding hydrogens is 538 g/mol. The van der Waals surface area contributed by atoms with Crippen molar-refractivity contribution in [2.24, 2.45) is 16.0 Å². The van der Waals surface area contributed by atoms with E-state index in [0.29, 0.717) is 38.8 Å². The van der Waals surface area contributed by atoms with Crippen molar-refractivity contribution in [3.05, 3.63) is 70.7 Å². The van der Waals surface area contributed by atoms with E-state index in [1.165, 1.54) is 17.4 Å². The third kappa shape index (κ3) is 5.85. The van der Waals surface area contributed by atoms with Crippen molar-refractivity contribution in [3.63, 3.8) is 0 Å². The maximum absolute atomic E-state index is 13.1. The van der Waals surface area contributed by atoms with Crippen LogP contribution in [0.1, 0.15) is 39.2 Å². The normalized spacial score (nSPS) is 17.5. The lowest BCUT2D eigenvalue weighted by Crippen LogP contribution is -2.36. The molecule has 0 bridgehead atoms. The Bertz CT molecular complexity index is 1590. The minimum absolute atomic E-state index is 0.00969. The number of aliphatic imine (C=N–C) groups is 1. The van der Waals surface area contributed by atoms with Gasteiger partial charge in [-0.15, -0.1) is 11.3 Å². The molecule has 0 aliphatic carbocycles. The minimum atomic E-state index is -3.95. The Kier molecular flexibility index (Phi) is 8.43. The summed E-state index contributed by atoms with van der Waals surface area (Å²) in [5.41, 5.74) is 3.65. The van der Waals surface area contributed by atoms with Gasteiger partial charge in [-0.25, -0.2) is 23.3 Å². The fourth-order valence-corrected chi connectivity index (χ4v) is 6.29. The van der Waals surface area contributed by atoms with Crippen LogP contribution < -0.4 is 5.14 Å². The first kappa shape index (κ1) is 28.3. The van der Waals surface area contributed by atoms with Crippen molar-refractivity contribution >= 4 is 39.0 Å². The molecule has 0 saturated carbocycles. The van der Waals surface area contributed by atoms with E-state index >= 15 is 0 Å². The summed E-state index contributed by atoms with van der Waals surface area (Å²) in [4.78, 5) is 35.4. The van der Waals surface area contributed by atoms with E-state index in [9.17, 15) is 18.0 Å². The van der Waals surface area contributed by atoms with Crippen LogP contribution in [0.3, 0.4) is 0 Å². The van der Waals surface area contributed by atoms with Gasteiger partial charge in [-0.3, -0.25) is 9.79 Å². The van der Waals surface area contributed by atoms with Gasteiger partial charge in [-0.1, -0.05) is 36.4 Å². The molecular formula is C28H29N3O6S2. The molecule has 0 fully saturated rings. The van der Waals surface area contributed by atoms with E-state index < -0.39 is 33.8 Å². The number of thiazole rings is 1. The largest absolute Gasteiger partial charge is 0.465 e. The van der Waals surface area contributed by atoms with Crippen LogP contribution in [-0.2, 0) is 29.1 Å². The van der Waals surface area contributed by atoms with E-state index in [-0.39, 0.29) is 18.1 Å². The molecule has 1 aliphatic heterocycles. The van der Waals surface area contributed by atoms with Crippen molar-refractivity contribution in [3.8, 4) is 21.8 Å². The Hall–Kier alpha value is -3.67. The average Bonchev–Trinajstić information content (AvgIpc) is 3.38. The highest BCUT2D eigenvalue weighted by Crippen LogP contribution is 2.41. The fraction of sp³-hybridized carbons (Fsp3) is 0.286. The SMILES string of the molecule is CCOC(=O)C1=C(C)N=C(C)C(C(=O)OCC)C1c1cccc(-c2nc(-c3ccccc3S(N)(=O)=O)cs2)c1. The molecule has 0 radical (unpaired) electrons. The number of hydrogen-bond donors (Lipinski definition) is 1. The molecule has 2 aromatic carbocycles. The van der Waals surface area contributed by atoms with Crippen LogP contribution in [0.4, 0.5) is 0 Å². The number of primary sulfonamides is 1. The second-order valence-electron chi connectivity index (χ2n) is 8.88. The number of esters is 2. The van der Waals surface area contributed by atoms with E-state index in [2.05, 4.69) is 9.98 Å². The predicted octanol–water partition coefficient (Wildman–Crippen LogP) is 4.70. The Balaban J connectivity index is 1.81. The Morgan fingerprint density at radius 3 is 2.44 bits per heavy atom. The Morgan fingerprint density at radius 2 is 1.74 bits per heavy atom.